The maximum Gasteiger partial charge on any atom is 0.320 e. The number of amides is 2. The van der Waals surface area contributed by atoms with Crippen molar-refractivity contribution in [3.8, 4) is 0 Å². The highest BCUT2D eigenvalue weighted by molar-refractivity contribution is 7.92. The van der Waals surface area contributed by atoms with Gasteiger partial charge in [0.25, 0.3) is 0 Å². The van der Waals surface area contributed by atoms with Crippen molar-refractivity contribution in [1.82, 2.24) is 9.80 Å². The molecule has 2 heterocycles. The topological polar surface area (TPSA) is 95.0 Å². The fourth-order valence-corrected chi connectivity index (χ4v) is 5.44. The van der Waals surface area contributed by atoms with E-state index in [1.54, 1.807) is 9.80 Å². The van der Waals surface area contributed by atoms with Gasteiger partial charge in [-0.15, -0.1) is 0 Å². The Hall–Kier alpha value is -2.16. The average Bonchev–Trinajstić information content (AvgIpc) is 3.12. The second-order valence-corrected chi connectivity index (χ2v) is 9.39. The Kier molecular flexibility index (Phi) is 5.69. The highest BCUT2D eigenvalue weighted by atomic mass is 32.2. The number of rotatable bonds is 4. The molecule has 148 valence electrons. The number of hydrogen-bond donors (Lipinski definition) is 1. The number of likely N-dealkylation sites (tertiary alicyclic amines) is 2. The standard InChI is InChI=1S/C18H23FN2O5S/c19-14-1-3-15(4-2-14)27(25,26)16-7-10-21(12-16)18(24)20-8-5-13(6-9-20)11-17(22)23/h1-4,13,16H,5-12H2,(H,22,23). The van der Waals surface area contributed by atoms with E-state index in [1.165, 1.54) is 12.1 Å². The third-order valence-corrected chi connectivity index (χ3v) is 7.54. The van der Waals surface area contributed by atoms with Gasteiger partial charge < -0.3 is 14.9 Å². The summed E-state index contributed by atoms with van der Waals surface area (Å²) < 4.78 is 38.4. The molecular formula is C18H23FN2O5S. The van der Waals surface area contributed by atoms with Crippen molar-refractivity contribution in [3.05, 3.63) is 30.1 Å². The highest BCUT2D eigenvalue weighted by Crippen LogP contribution is 2.26. The summed E-state index contributed by atoms with van der Waals surface area (Å²) in [5.74, 6) is -1.24. The lowest BCUT2D eigenvalue weighted by Gasteiger charge is -2.34. The van der Waals surface area contributed by atoms with Gasteiger partial charge in [0.1, 0.15) is 5.82 Å². The largest absolute Gasteiger partial charge is 0.481 e. The third-order valence-electron chi connectivity index (χ3n) is 5.34. The highest BCUT2D eigenvalue weighted by Gasteiger charge is 2.38. The lowest BCUT2D eigenvalue weighted by atomic mass is 9.94. The first-order chi connectivity index (χ1) is 12.8. The molecule has 1 N–H and O–H groups in total. The fraction of sp³-hybridized carbons (Fsp3) is 0.556. The number of nitrogens with zero attached hydrogens (tertiary/aromatic N) is 2. The summed E-state index contributed by atoms with van der Waals surface area (Å²) in [5.41, 5.74) is 0. The van der Waals surface area contributed by atoms with Crippen LogP contribution in [-0.4, -0.2) is 66.8 Å². The van der Waals surface area contributed by atoms with Gasteiger partial charge in [-0.1, -0.05) is 0 Å². The molecule has 9 heteroatoms. The molecule has 0 saturated carbocycles. The molecule has 1 atom stereocenters. The summed E-state index contributed by atoms with van der Waals surface area (Å²) in [7, 11) is -3.62. The number of piperidine rings is 1. The van der Waals surface area contributed by atoms with Crippen LogP contribution < -0.4 is 0 Å². The molecule has 27 heavy (non-hydrogen) atoms. The molecular weight excluding hydrogens is 375 g/mol. The number of sulfone groups is 1. The van der Waals surface area contributed by atoms with Gasteiger partial charge in [0, 0.05) is 32.6 Å². The van der Waals surface area contributed by atoms with Crippen molar-refractivity contribution in [2.24, 2.45) is 5.92 Å². The lowest BCUT2D eigenvalue weighted by molar-refractivity contribution is -0.138. The number of carboxylic acids is 1. The molecule has 3 rings (SSSR count). The Balaban J connectivity index is 1.58. The number of carboxylic acid groups (broad SMARTS) is 1. The summed E-state index contributed by atoms with van der Waals surface area (Å²) >= 11 is 0. The Morgan fingerprint density at radius 2 is 1.63 bits per heavy atom. The van der Waals surface area contributed by atoms with Crippen LogP contribution in [0.4, 0.5) is 9.18 Å². The van der Waals surface area contributed by atoms with Gasteiger partial charge in [-0.25, -0.2) is 17.6 Å². The van der Waals surface area contributed by atoms with E-state index in [0.29, 0.717) is 38.9 Å². The summed E-state index contributed by atoms with van der Waals surface area (Å²) in [6, 6.07) is 4.54. The SMILES string of the molecule is O=C(O)CC1CCN(C(=O)N2CCC(S(=O)(=O)c3ccc(F)cc3)C2)CC1. The molecule has 2 fully saturated rings. The molecule has 0 spiro atoms. The Bertz CT molecular complexity index is 804. The van der Waals surface area contributed by atoms with Gasteiger partial charge in [0.05, 0.1) is 10.1 Å². The average molecular weight is 398 g/mol. The molecule has 0 bridgehead atoms. The number of hydrogen-bond acceptors (Lipinski definition) is 4. The molecule has 0 radical (unpaired) electrons. The molecule has 1 unspecified atom stereocenters. The van der Waals surface area contributed by atoms with Crippen molar-refractivity contribution in [1.29, 1.82) is 0 Å². The van der Waals surface area contributed by atoms with Gasteiger partial charge in [-0.05, 0) is 49.4 Å². The number of carbonyl (C=O) groups excluding carboxylic acids is 1. The van der Waals surface area contributed by atoms with Crippen molar-refractivity contribution in [2.75, 3.05) is 26.2 Å². The Labute approximate surface area is 157 Å². The summed E-state index contributed by atoms with van der Waals surface area (Å²) in [5, 5.41) is 8.16. The van der Waals surface area contributed by atoms with Gasteiger partial charge >= 0.3 is 12.0 Å². The van der Waals surface area contributed by atoms with Crippen molar-refractivity contribution in [2.45, 2.75) is 35.8 Å². The zero-order chi connectivity index (χ0) is 19.6. The Morgan fingerprint density at radius 3 is 2.22 bits per heavy atom. The van der Waals surface area contributed by atoms with Crippen molar-refractivity contribution >= 4 is 21.8 Å². The first kappa shape index (κ1) is 19.6. The summed E-state index contributed by atoms with van der Waals surface area (Å²) in [4.78, 5) is 26.7. The second-order valence-electron chi connectivity index (χ2n) is 7.17. The Morgan fingerprint density at radius 1 is 1.04 bits per heavy atom. The van der Waals surface area contributed by atoms with Crippen molar-refractivity contribution in [3.63, 3.8) is 0 Å². The minimum Gasteiger partial charge on any atom is -0.481 e. The van der Waals surface area contributed by atoms with E-state index in [0.717, 1.165) is 12.1 Å². The van der Waals surface area contributed by atoms with Gasteiger partial charge in [-0.2, -0.15) is 0 Å². The van der Waals surface area contributed by atoms with E-state index < -0.39 is 26.9 Å². The van der Waals surface area contributed by atoms with Gasteiger partial charge in [-0.3, -0.25) is 4.79 Å². The van der Waals surface area contributed by atoms with E-state index in [-0.39, 0.29) is 29.8 Å². The minimum absolute atomic E-state index is 0.0673. The quantitative estimate of drug-likeness (QED) is 0.783. The number of aliphatic carboxylic acids is 1. The predicted octanol–water partition coefficient (Wildman–Crippen LogP) is 1.98. The summed E-state index contributed by atoms with van der Waals surface area (Å²) in [6.45, 7) is 1.46. The van der Waals surface area contributed by atoms with E-state index in [9.17, 15) is 22.4 Å². The zero-order valence-corrected chi connectivity index (χ0v) is 15.7. The maximum absolute atomic E-state index is 13.0. The minimum atomic E-state index is -3.62. The lowest BCUT2D eigenvalue weighted by Crippen LogP contribution is -2.46. The van der Waals surface area contributed by atoms with Crippen LogP contribution in [0.15, 0.2) is 29.2 Å². The van der Waals surface area contributed by atoms with Crippen LogP contribution in [-0.2, 0) is 14.6 Å². The number of halogens is 1. The third kappa shape index (κ3) is 4.40. The first-order valence-corrected chi connectivity index (χ1v) is 10.6. The van der Waals surface area contributed by atoms with Crippen LogP contribution in [0.5, 0.6) is 0 Å². The van der Waals surface area contributed by atoms with E-state index >= 15 is 0 Å². The molecule has 2 saturated heterocycles. The first-order valence-electron chi connectivity index (χ1n) is 9.02. The van der Waals surface area contributed by atoms with Gasteiger partial charge in [0.15, 0.2) is 9.84 Å². The van der Waals surface area contributed by atoms with E-state index in [1.807, 2.05) is 0 Å². The van der Waals surface area contributed by atoms with Crippen LogP contribution in [0.3, 0.4) is 0 Å². The van der Waals surface area contributed by atoms with Crippen LogP contribution in [0.2, 0.25) is 0 Å². The van der Waals surface area contributed by atoms with Gasteiger partial charge in [0.2, 0.25) is 0 Å². The molecule has 1 aromatic carbocycles. The molecule has 2 amide bonds. The monoisotopic (exact) mass is 398 g/mol. The van der Waals surface area contributed by atoms with Crippen LogP contribution in [0.25, 0.3) is 0 Å². The smallest absolute Gasteiger partial charge is 0.320 e. The normalized spacial score (nSPS) is 21.4. The predicted molar refractivity (Wildman–Crippen MR) is 95.5 cm³/mol. The summed E-state index contributed by atoms with van der Waals surface area (Å²) in [6.07, 6.45) is 1.75. The number of benzene rings is 1. The van der Waals surface area contributed by atoms with E-state index in [4.69, 9.17) is 5.11 Å². The molecule has 1 aromatic rings. The second kappa shape index (κ2) is 7.84. The molecule has 2 aliphatic heterocycles. The zero-order valence-electron chi connectivity index (χ0n) is 14.9. The molecule has 7 nitrogen and oxygen atoms in total. The maximum atomic E-state index is 13.0. The molecule has 0 aromatic heterocycles. The van der Waals surface area contributed by atoms with Crippen molar-refractivity contribution < 1.29 is 27.5 Å². The van der Waals surface area contributed by atoms with Crippen LogP contribution in [0.1, 0.15) is 25.7 Å². The van der Waals surface area contributed by atoms with Crippen LogP contribution >= 0.6 is 0 Å². The fourth-order valence-electron chi connectivity index (χ4n) is 3.75. The van der Waals surface area contributed by atoms with E-state index in [2.05, 4.69) is 0 Å². The number of urea groups is 1. The molecule has 2 aliphatic rings. The molecule has 0 aliphatic carbocycles. The number of carbonyl (C=O) groups is 2. The van der Waals surface area contributed by atoms with Crippen LogP contribution in [0, 0.1) is 11.7 Å².